The van der Waals surface area contributed by atoms with Crippen molar-refractivity contribution in [3.05, 3.63) is 0 Å². The van der Waals surface area contributed by atoms with Gasteiger partial charge in [-0.15, -0.1) is 0 Å². The van der Waals surface area contributed by atoms with Crippen LogP contribution in [0.4, 0.5) is 0 Å². The van der Waals surface area contributed by atoms with E-state index in [1.54, 1.807) is 0 Å². The molecule has 0 aromatic heterocycles. The SMILES string of the molecule is CC(O)C(O)C(O)[C@H](O)C(C)O. The average molecular weight is 180 g/mol. The molecule has 0 heterocycles. The van der Waals surface area contributed by atoms with Crippen LogP contribution in [-0.2, 0) is 0 Å². The largest absolute Gasteiger partial charge is 0.391 e. The lowest BCUT2D eigenvalue weighted by Gasteiger charge is -2.26. The van der Waals surface area contributed by atoms with Crippen LogP contribution < -0.4 is 0 Å². The van der Waals surface area contributed by atoms with Crippen molar-refractivity contribution in [2.75, 3.05) is 0 Å². The Bertz CT molecular complexity index is 111. The second kappa shape index (κ2) is 4.74. The van der Waals surface area contributed by atoms with E-state index in [4.69, 9.17) is 25.5 Å². The van der Waals surface area contributed by atoms with Crippen molar-refractivity contribution in [2.24, 2.45) is 0 Å². The van der Waals surface area contributed by atoms with Gasteiger partial charge in [-0.2, -0.15) is 0 Å². The van der Waals surface area contributed by atoms with Crippen molar-refractivity contribution in [3.63, 3.8) is 0 Å². The molecule has 5 N–H and O–H groups in total. The number of hydrogen-bond acceptors (Lipinski definition) is 5. The van der Waals surface area contributed by atoms with Crippen LogP contribution in [0.25, 0.3) is 0 Å². The van der Waals surface area contributed by atoms with Crippen LogP contribution >= 0.6 is 0 Å². The minimum absolute atomic E-state index is 1.15. The third kappa shape index (κ3) is 3.04. The highest BCUT2D eigenvalue weighted by Crippen LogP contribution is 2.07. The zero-order valence-electron chi connectivity index (χ0n) is 7.12. The van der Waals surface area contributed by atoms with E-state index in [1.807, 2.05) is 0 Å². The van der Waals surface area contributed by atoms with Gasteiger partial charge in [-0.25, -0.2) is 0 Å². The molecular formula is C7H16O5. The van der Waals surface area contributed by atoms with Crippen molar-refractivity contribution in [1.29, 1.82) is 0 Å². The van der Waals surface area contributed by atoms with Crippen molar-refractivity contribution in [3.8, 4) is 0 Å². The van der Waals surface area contributed by atoms with Crippen LogP contribution in [0.5, 0.6) is 0 Å². The molecule has 5 heteroatoms. The van der Waals surface area contributed by atoms with E-state index in [2.05, 4.69) is 0 Å². The summed E-state index contributed by atoms with van der Waals surface area (Å²) in [5.41, 5.74) is 0. The van der Waals surface area contributed by atoms with Crippen LogP contribution in [0.2, 0.25) is 0 Å². The third-order valence-corrected chi connectivity index (χ3v) is 1.69. The summed E-state index contributed by atoms with van der Waals surface area (Å²) in [5.74, 6) is 0. The molecule has 0 radical (unpaired) electrons. The van der Waals surface area contributed by atoms with E-state index < -0.39 is 30.5 Å². The highest BCUT2D eigenvalue weighted by molar-refractivity contribution is 4.81. The molecule has 0 bridgehead atoms. The van der Waals surface area contributed by atoms with Crippen LogP contribution in [0.15, 0.2) is 0 Å². The summed E-state index contributed by atoms with van der Waals surface area (Å²) < 4.78 is 0. The van der Waals surface area contributed by atoms with E-state index in [1.165, 1.54) is 13.8 Å². The molecule has 12 heavy (non-hydrogen) atoms. The molecular weight excluding hydrogens is 164 g/mol. The van der Waals surface area contributed by atoms with Gasteiger partial charge in [0.1, 0.15) is 18.3 Å². The van der Waals surface area contributed by atoms with Crippen LogP contribution in [0.1, 0.15) is 13.8 Å². The van der Waals surface area contributed by atoms with Gasteiger partial charge in [-0.1, -0.05) is 0 Å². The molecule has 0 aromatic carbocycles. The van der Waals surface area contributed by atoms with Gasteiger partial charge in [0.2, 0.25) is 0 Å². The molecule has 0 aliphatic rings. The predicted molar refractivity (Wildman–Crippen MR) is 41.4 cm³/mol. The Kier molecular flexibility index (Phi) is 4.66. The predicted octanol–water partition coefficient (Wildman–Crippen LogP) is -2.17. The second-order valence-corrected chi connectivity index (χ2v) is 2.95. The number of rotatable bonds is 4. The lowest BCUT2D eigenvalue weighted by molar-refractivity contribution is -0.127. The second-order valence-electron chi connectivity index (χ2n) is 2.95. The van der Waals surface area contributed by atoms with Crippen LogP contribution in [0.3, 0.4) is 0 Å². The Morgan fingerprint density at radius 2 is 0.833 bits per heavy atom. The summed E-state index contributed by atoms with van der Waals surface area (Å²) in [6.07, 6.45) is -6.73. The molecule has 0 aliphatic heterocycles. The maximum Gasteiger partial charge on any atom is 0.111 e. The molecule has 0 aliphatic carbocycles. The molecule has 0 rings (SSSR count). The normalized spacial score (nSPS) is 24.2. The van der Waals surface area contributed by atoms with E-state index in [0.717, 1.165) is 0 Å². The fourth-order valence-electron chi connectivity index (χ4n) is 0.773. The van der Waals surface area contributed by atoms with Crippen molar-refractivity contribution in [1.82, 2.24) is 0 Å². The monoisotopic (exact) mass is 180 g/mol. The summed E-state index contributed by atoms with van der Waals surface area (Å²) >= 11 is 0. The zero-order valence-corrected chi connectivity index (χ0v) is 7.12. The fraction of sp³-hybridized carbons (Fsp3) is 1.00. The van der Waals surface area contributed by atoms with Gasteiger partial charge in [-0.05, 0) is 13.8 Å². The molecule has 4 unspecified atom stereocenters. The molecule has 0 amide bonds. The van der Waals surface area contributed by atoms with Gasteiger partial charge in [0.15, 0.2) is 0 Å². The molecule has 5 atom stereocenters. The Hall–Kier alpha value is -0.200. The fourth-order valence-corrected chi connectivity index (χ4v) is 0.773. The first-order valence-electron chi connectivity index (χ1n) is 3.78. The highest BCUT2D eigenvalue weighted by atomic mass is 16.4. The van der Waals surface area contributed by atoms with Gasteiger partial charge < -0.3 is 25.5 Å². The molecule has 5 nitrogen and oxygen atoms in total. The molecule has 74 valence electrons. The highest BCUT2D eigenvalue weighted by Gasteiger charge is 2.30. The third-order valence-electron chi connectivity index (χ3n) is 1.69. The smallest absolute Gasteiger partial charge is 0.111 e. The maximum absolute atomic E-state index is 9.11. The van der Waals surface area contributed by atoms with Crippen LogP contribution in [0, 0.1) is 0 Å². The number of hydrogen-bond donors (Lipinski definition) is 5. The standard InChI is InChI=1S/C7H16O5/c1-3(8)5(10)7(12)6(11)4(2)9/h3-12H,1-2H3/t3?,4?,5-,6?,7?/m1/s1. The first kappa shape index (κ1) is 11.8. The van der Waals surface area contributed by atoms with Crippen molar-refractivity contribution >= 4 is 0 Å². The van der Waals surface area contributed by atoms with Gasteiger partial charge in [0, 0.05) is 0 Å². The Morgan fingerprint density at radius 3 is 1.00 bits per heavy atom. The summed E-state index contributed by atoms with van der Waals surface area (Å²) in [5, 5.41) is 44.8. The molecule has 0 aromatic rings. The molecule has 0 spiro atoms. The Labute approximate surface area is 70.9 Å². The first-order chi connectivity index (χ1) is 5.37. The molecule has 0 saturated carbocycles. The lowest BCUT2D eigenvalue weighted by atomic mass is 10.0. The number of aliphatic hydroxyl groups is 5. The van der Waals surface area contributed by atoms with Crippen LogP contribution in [-0.4, -0.2) is 56.1 Å². The summed E-state index contributed by atoms with van der Waals surface area (Å²) in [6.45, 7) is 2.56. The van der Waals surface area contributed by atoms with E-state index in [-0.39, 0.29) is 0 Å². The average Bonchev–Trinajstić information content (AvgIpc) is 2.00. The van der Waals surface area contributed by atoms with Gasteiger partial charge in [0.05, 0.1) is 12.2 Å². The van der Waals surface area contributed by atoms with Crippen molar-refractivity contribution < 1.29 is 25.5 Å². The van der Waals surface area contributed by atoms with E-state index >= 15 is 0 Å². The van der Waals surface area contributed by atoms with Crippen molar-refractivity contribution in [2.45, 2.75) is 44.4 Å². The Balaban J connectivity index is 4.08. The lowest BCUT2D eigenvalue weighted by Crippen LogP contribution is -2.47. The summed E-state index contributed by atoms with van der Waals surface area (Å²) in [4.78, 5) is 0. The first-order valence-corrected chi connectivity index (χ1v) is 3.78. The maximum atomic E-state index is 9.11. The molecule has 0 saturated heterocycles. The van der Waals surface area contributed by atoms with E-state index in [0.29, 0.717) is 0 Å². The van der Waals surface area contributed by atoms with Gasteiger partial charge in [-0.3, -0.25) is 0 Å². The Morgan fingerprint density at radius 1 is 0.583 bits per heavy atom. The molecule has 0 fully saturated rings. The van der Waals surface area contributed by atoms with Gasteiger partial charge >= 0.3 is 0 Å². The number of aliphatic hydroxyl groups excluding tert-OH is 5. The van der Waals surface area contributed by atoms with Gasteiger partial charge in [0.25, 0.3) is 0 Å². The topological polar surface area (TPSA) is 101 Å². The summed E-state index contributed by atoms with van der Waals surface area (Å²) in [6, 6.07) is 0. The quantitative estimate of drug-likeness (QED) is 0.339. The minimum Gasteiger partial charge on any atom is -0.391 e. The zero-order chi connectivity index (χ0) is 9.89. The summed E-state index contributed by atoms with van der Waals surface area (Å²) in [7, 11) is 0. The van der Waals surface area contributed by atoms with E-state index in [9.17, 15) is 0 Å². The minimum atomic E-state index is -1.54.